The maximum absolute atomic E-state index is 12.2. The minimum Gasteiger partial charge on any atom is -0.300 e. The Balaban J connectivity index is 1.60. The van der Waals surface area contributed by atoms with Gasteiger partial charge in [-0.05, 0) is 49.0 Å². The Hall–Kier alpha value is -3.90. The molecule has 1 fully saturated rings. The van der Waals surface area contributed by atoms with Gasteiger partial charge in [0.15, 0.2) is 0 Å². The number of amidine groups is 1. The smallest absolute Gasteiger partial charge is 0.289 e. The van der Waals surface area contributed by atoms with E-state index >= 15 is 0 Å². The maximum atomic E-state index is 12.2. The molecule has 0 bridgehead atoms. The van der Waals surface area contributed by atoms with Gasteiger partial charge in [-0.2, -0.15) is 5.10 Å². The molecule has 5 rings (SSSR count). The van der Waals surface area contributed by atoms with Crippen LogP contribution < -0.4 is 5.32 Å². The van der Waals surface area contributed by atoms with E-state index in [0.29, 0.717) is 5.84 Å². The molecule has 1 aliphatic heterocycles. The van der Waals surface area contributed by atoms with Gasteiger partial charge in [-0.1, -0.05) is 66.2 Å². The zero-order chi connectivity index (χ0) is 21.9. The normalized spacial score (nSPS) is 16.0. The molecule has 156 valence electrons. The number of carbonyl (C=O) groups is 1. The topological polar surface area (TPSA) is 59.3 Å². The number of benzene rings is 3. The van der Waals surface area contributed by atoms with Crippen molar-refractivity contribution in [1.82, 2.24) is 15.1 Å². The first-order valence-corrected chi connectivity index (χ1v) is 11.0. The van der Waals surface area contributed by atoms with Gasteiger partial charge in [-0.15, -0.1) is 0 Å². The number of hydrogen-bond acceptors (Lipinski definition) is 4. The number of rotatable bonds is 4. The average molecular weight is 437 g/mol. The second-order valence-corrected chi connectivity index (χ2v) is 8.41. The summed E-state index contributed by atoms with van der Waals surface area (Å²) in [4.78, 5) is 17.6. The van der Waals surface area contributed by atoms with E-state index in [1.165, 1.54) is 0 Å². The molecular weight excluding hydrogens is 416 g/mol. The van der Waals surface area contributed by atoms with Crippen molar-refractivity contribution >= 4 is 34.6 Å². The Morgan fingerprint density at radius 1 is 0.938 bits per heavy atom. The first kappa shape index (κ1) is 20.0. The van der Waals surface area contributed by atoms with Gasteiger partial charge in [0, 0.05) is 17.3 Å². The Kier molecular flexibility index (Phi) is 5.44. The lowest BCUT2D eigenvalue weighted by Gasteiger charge is -2.01. The zero-order valence-electron chi connectivity index (χ0n) is 17.4. The largest absolute Gasteiger partial charge is 0.300 e. The number of thioether (sulfide) groups is 1. The molecule has 6 heteroatoms. The Bertz CT molecular complexity index is 1320. The number of nitrogens with zero attached hydrogens (tertiary/aromatic N) is 3. The predicted octanol–water partition coefficient (Wildman–Crippen LogP) is 6.38. The molecule has 2 heterocycles. The van der Waals surface area contributed by atoms with Crippen LogP contribution in [0.2, 0.25) is 0 Å². The Labute approximate surface area is 190 Å². The van der Waals surface area contributed by atoms with Gasteiger partial charge in [0.1, 0.15) is 5.84 Å². The molecule has 1 N–H and O–H groups in total. The zero-order valence-corrected chi connectivity index (χ0v) is 18.2. The summed E-state index contributed by atoms with van der Waals surface area (Å²) < 4.78 is 1.86. The SMILES string of the molecule is Cc1ccc(N=C2NC(=O)S/C2=C\c2cn(-c3ccccc3)nc2-c2ccccc2)cc1. The lowest BCUT2D eigenvalue weighted by Crippen LogP contribution is -2.18. The molecular formula is C26H20N4OS. The van der Waals surface area contributed by atoms with Crippen molar-refractivity contribution in [3.8, 4) is 16.9 Å². The summed E-state index contributed by atoms with van der Waals surface area (Å²) in [6, 6.07) is 27.9. The quantitative estimate of drug-likeness (QED) is 0.404. The monoisotopic (exact) mass is 436 g/mol. The molecule has 1 aromatic heterocycles. The van der Waals surface area contributed by atoms with Gasteiger partial charge in [-0.25, -0.2) is 9.67 Å². The molecule has 0 saturated carbocycles. The van der Waals surface area contributed by atoms with Crippen molar-refractivity contribution in [2.45, 2.75) is 6.92 Å². The molecule has 3 aromatic carbocycles. The summed E-state index contributed by atoms with van der Waals surface area (Å²) in [7, 11) is 0. The lowest BCUT2D eigenvalue weighted by molar-refractivity contribution is 0.265. The Morgan fingerprint density at radius 2 is 1.62 bits per heavy atom. The van der Waals surface area contributed by atoms with Gasteiger partial charge < -0.3 is 5.32 Å². The van der Waals surface area contributed by atoms with E-state index in [-0.39, 0.29) is 5.24 Å². The van der Waals surface area contributed by atoms with Gasteiger partial charge in [0.2, 0.25) is 0 Å². The standard InChI is InChI=1S/C26H20N4OS/c1-18-12-14-21(15-13-18)27-25-23(32-26(31)28-25)16-20-17-30(22-10-6-3-7-11-22)29-24(20)19-8-4-2-5-9-19/h2-17H,1H3,(H,27,28,31)/b23-16-. The number of nitrogens with one attached hydrogen (secondary N) is 1. The third-order valence-electron chi connectivity index (χ3n) is 5.03. The Morgan fingerprint density at radius 3 is 2.34 bits per heavy atom. The molecule has 4 aromatic rings. The van der Waals surface area contributed by atoms with Crippen molar-refractivity contribution in [2.75, 3.05) is 0 Å². The van der Waals surface area contributed by atoms with Crippen LogP contribution >= 0.6 is 11.8 Å². The molecule has 32 heavy (non-hydrogen) atoms. The second kappa shape index (κ2) is 8.69. The van der Waals surface area contributed by atoms with E-state index in [1.54, 1.807) is 0 Å². The van der Waals surface area contributed by atoms with Crippen LogP contribution in [0, 0.1) is 6.92 Å². The minimum absolute atomic E-state index is 0.140. The molecule has 0 atom stereocenters. The van der Waals surface area contributed by atoms with Crippen LogP contribution in [0.1, 0.15) is 11.1 Å². The van der Waals surface area contributed by atoms with E-state index < -0.39 is 0 Å². The number of aryl methyl sites for hydroxylation is 1. The van der Waals surface area contributed by atoms with Crippen LogP contribution in [-0.4, -0.2) is 20.9 Å². The van der Waals surface area contributed by atoms with Crippen molar-refractivity contribution in [3.05, 3.63) is 107 Å². The number of aliphatic imine (C=N–C) groups is 1. The fourth-order valence-electron chi connectivity index (χ4n) is 3.43. The maximum Gasteiger partial charge on any atom is 0.289 e. The minimum atomic E-state index is -0.140. The predicted molar refractivity (Wildman–Crippen MR) is 131 cm³/mol. The van der Waals surface area contributed by atoms with Crippen LogP contribution in [-0.2, 0) is 0 Å². The summed E-state index contributed by atoms with van der Waals surface area (Å²) in [6.07, 6.45) is 3.96. The molecule has 0 aliphatic carbocycles. The molecule has 1 amide bonds. The van der Waals surface area contributed by atoms with Crippen LogP contribution in [0.5, 0.6) is 0 Å². The third kappa shape index (κ3) is 4.26. The highest BCUT2D eigenvalue weighted by Gasteiger charge is 2.24. The summed E-state index contributed by atoms with van der Waals surface area (Å²) >= 11 is 1.14. The molecule has 1 aliphatic rings. The summed E-state index contributed by atoms with van der Waals surface area (Å²) in [6.45, 7) is 2.03. The van der Waals surface area contributed by atoms with Gasteiger partial charge in [0.25, 0.3) is 5.24 Å². The van der Waals surface area contributed by atoms with E-state index in [1.807, 2.05) is 109 Å². The summed E-state index contributed by atoms with van der Waals surface area (Å²) in [5.41, 5.74) is 5.69. The van der Waals surface area contributed by atoms with Crippen molar-refractivity contribution < 1.29 is 4.79 Å². The molecule has 0 unspecified atom stereocenters. The second-order valence-electron chi connectivity index (χ2n) is 7.40. The number of hydrogen-bond donors (Lipinski definition) is 1. The highest BCUT2D eigenvalue weighted by atomic mass is 32.2. The summed E-state index contributed by atoms with van der Waals surface area (Å²) in [5, 5.41) is 7.57. The number of carbonyl (C=O) groups excluding carboxylic acids is 1. The van der Waals surface area contributed by atoms with E-state index in [0.717, 1.165) is 50.4 Å². The molecule has 0 radical (unpaired) electrons. The first-order valence-electron chi connectivity index (χ1n) is 10.2. The fraction of sp³-hybridized carbons (Fsp3) is 0.0385. The van der Waals surface area contributed by atoms with Gasteiger partial charge in [-0.3, -0.25) is 4.79 Å². The fourth-order valence-corrected chi connectivity index (χ4v) is 4.16. The van der Waals surface area contributed by atoms with Gasteiger partial charge in [0.05, 0.1) is 22.0 Å². The molecule has 1 saturated heterocycles. The van der Waals surface area contributed by atoms with E-state index in [4.69, 9.17) is 5.10 Å². The lowest BCUT2D eigenvalue weighted by atomic mass is 10.1. The van der Waals surface area contributed by atoms with Crippen LogP contribution in [0.25, 0.3) is 23.0 Å². The van der Waals surface area contributed by atoms with Gasteiger partial charge >= 0.3 is 0 Å². The average Bonchev–Trinajstić information content (AvgIpc) is 3.40. The third-order valence-corrected chi connectivity index (χ3v) is 5.85. The number of para-hydroxylation sites is 1. The van der Waals surface area contributed by atoms with Crippen LogP contribution in [0.3, 0.4) is 0 Å². The summed E-state index contributed by atoms with van der Waals surface area (Å²) in [5.74, 6) is 0.551. The number of amides is 1. The highest BCUT2D eigenvalue weighted by molar-refractivity contribution is 8.18. The van der Waals surface area contributed by atoms with Crippen molar-refractivity contribution in [1.29, 1.82) is 0 Å². The van der Waals surface area contributed by atoms with E-state index in [2.05, 4.69) is 10.3 Å². The highest BCUT2D eigenvalue weighted by Crippen LogP contribution is 2.32. The van der Waals surface area contributed by atoms with Crippen LogP contribution in [0.4, 0.5) is 10.5 Å². The van der Waals surface area contributed by atoms with Crippen molar-refractivity contribution in [3.63, 3.8) is 0 Å². The van der Waals surface area contributed by atoms with E-state index in [9.17, 15) is 4.79 Å². The molecule has 5 nitrogen and oxygen atoms in total. The van der Waals surface area contributed by atoms with Crippen LogP contribution in [0.15, 0.2) is 101 Å². The first-order chi connectivity index (χ1) is 15.7. The van der Waals surface area contributed by atoms with Crippen molar-refractivity contribution in [2.24, 2.45) is 4.99 Å². The number of aromatic nitrogens is 2. The molecule has 0 spiro atoms.